The van der Waals surface area contributed by atoms with Gasteiger partial charge in [-0.05, 0) is 18.9 Å². The third-order valence-corrected chi connectivity index (χ3v) is 7.81. The van der Waals surface area contributed by atoms with Crippen LogP contribution in [-0.2, 0) is 24.0 Å². The number of halogens is 2. The summed E-state index contributed by atoms with van der Waals surface area (Å²) in [6, 6.07) is 2.39. The second-order valence-corrected chi connectivity index (χ2v) is 10.6. The molecule has 0 aromatic heterocycles. The SMILES string of the molecule is CC[C@@H]1NC(=O)C[C@@H](c2ccccc2)NC(=O)[C@@H](CO)NC(=O)[C@@H]([C@@H](C)O)NC(=O)[C@H]2[C@@H](Cl)[C@H](Cl)CN2C1=O. The number of aliphatic hydroxyl groups excluding tert-OH is 2. The maximum absolute atomic E-state index is 13.5. The van der Waals surface area contributed by atoms with Crippen LogP contribution < -0.4 is 21.3 Å². The fraction of sp³-hybridized carbons (Fsp3) is 0.560. The number of fused-ring (bicyclic) bond motifs is 1. The minimum atomic E-state index is -1.55. The molecular formula is C25H33Cl2N5O7. The molecule has 2 fully saturated rings. The molecule has 0 bridgehead atoms. The Bertz CT molecular complexity index is 1080. The average molecular weight is 586 g/mol. The number of carbonyl (C=O) groups is 5. The highest BCUT2D eigenvalue weighted by molar-refractivity contribution is 6.32. The molecule has 0 aliphatic carbocycles. The third-order valence-electron chi connectivity index (χ3n) is 6.73. The van der Waals surface area contributed by atoms with Crippen LogP contribution in [-0.4, -0.2) is 98.8 Å². The number of benzene rings is 1. The number of nitrogens with zero attached hydrogens (tertiary/aromatic N) is 1. The largest absolute Gasteiger partial charge is 0.394 e. The van der Waals surface area contributed by atoms with Crippen molar-refractivity contribution in [1.29, 1.82) is 0 Å². The van der Waals surface area contributed by atoms with Crippen LogP contribution in [0.3, 0.4) is 0 Å². The third kappa shape index (κ3) is 7.18. The topological polar surface area (TPSA) is 177 Å². The second-order valence-electron chi connectivity index (χ2n) is 9.57. The van der Waals surface area contributed by atoms with Gasteiger partial charge in [0.25, 0.3) is 0 Å². The van der Waals surface area contributed by atoms with E-state index in [0.29, 0.717) is 5.56 Å². The van der Waals surface area contributed by atoms with Gasteiger partial charge in [0.05, 0.1) is 35.9 Å². The van der Waals surface area contributed by atoms with Crippen molar-refractivity contribution in [2.75, 3.05) is 13.2 Å². The van der Waals surface area contributed by atoms with Crippen LogP contribution in [0.4, 0.5) is 0 Å². The first-order valence-electron chi connectivity index (χ1n) is 12.6. The Morgan fingerprint density at radius 1 is 0.949 bits per heavy atom. The van der Waals surface area contributed by atoms with Crippen LogP contribution in [0, 0.1) is 0 Å². The Hall–Kier alpha value is -2.93. The van der Waals surface area contributed by atoms with E-state index >= 15 is 0 Å². The van der Waals surface area contributed by atoms with Gasteiger partial charge in [0, 0.05) is 6.54 Å². The predicted octanol–water partition coefficient (Wildman–Crippen LogP) is -1.09. The fourth-order valence-electron chi connectivity index (χ4n) is 4.57. The van der Waals surface area contributed by atoms with Crippen LogP contribution in [0.25, 0.3) is 0 Å². The summed E-state index contributed by atoms with van der Waals surface area (Å²) in [5.74, 6) is -3.75. The highest BCUT2D eigenvalue weighted by Gasteiger charge is 2.48. The summed E-state index contributed by atoms with van der Waals surface area (Å²) in [7, 11) is 0. The number of aliphatic hydroxyl groups is 2. The van der Waals surface area contributed by atoms with Crippen molar-refractivity contribution < 1.29 is 34.2 Å². The van der Waals surface area contributed by atoms with Crippen molar-refractivity contribution in [2.45, 2.75) is 73.8 Å². The second kappa shape index (κ2) is 13.4. The first-order chi connectivity index (χ1) is 18.5. The van der Waals surface area contributed by atoms with Crippen molar-refractivity contribution in [1.82, 2.24) is 26.2 Å². The van der Waals surface area contributed by atoms with Gasteiger partial charge in [-0.3, -0.25) is 24.0 Å². The first kappa shape index (κ1) is 30.6. The van der Waals surface area contributed by atoms with Gasteiger partial charge in [0.2, 0.25) is 29.5 Å². The summed E-state index contributed by atoms with van der Waals surface area (Å²) < 4.78 is 0. The van der Waals surface area contributed by atoms with Crippen LogP contribution >= 0.6 is 23.2 Å². The maximum Gasteiger partial charge on any atom is 0.245 e. The first-order valence-corrected chi connectivity index (χ1v) is 13.5. The molecule has 0 spiro atoms. The standard InChI is InChI=1S/C25H33Cl2N5O7/c1-3-15-25(39)32-10-14(26)19(27)21(32)24(38)31-20(12(2)34)23(37)30-17(11-33)22(36)29-16(9-18(35)28-15)13-7-5-4-6-8-13/h4-8,12,14-17,19-21,33-34H,3,9-11H2,1-2H3,(H,28,35)(H,29,36)(H,30,37)(H,31,38)/t12-,14-,15+,16+,17-,19+,20-,21-/m1/s1. The molecule has 14 heteroatoms. The molecule has 5 amide bonds. The molecule has 6 N–H and O–H groups in total. The van der Waals surface area contributed by atoms with Crippen molar-refractivity contribution in [2.24, 2.45) is 0 Å². The van der Waals surface area contributed by atoms with Crippen molar-refractivity contribution in [3.05, 3.63) is 35.9 Å². The molecule has 0 radical (unpaired) electrons. The number of rotatable bonds is 4. The number of alkyl halides is 2. The van der Waals surface area contributed by atoms with E-state index in [0.717, 1.165) is 4.90 Å². The minimum Gasteiger partial charge on any atom is -0.394 e. The molecule has 214 valence electrons. The molecule has 12 nitrogen and oxygen atoms in total. The summed E-state index contributed by atoms with van der Waals surface area (Å²) in [6.07, 6.45) is -1.49. The Morgan fingerprint density at radius 2 is 1.62 bits per heavy atom. The minimum absolute atomic E-state index is 0.0835. The number of nitrogens with one attached hydrogen (secondary N) is 4. The maximum atomic E-state index is 13.5. The Kier molecular flexibility index (Phi) is 10.5. The summed E-state index contributed by atoms with van der Waals surface area (Å²) in [4.78, 5) is 67.1. The number of hydrogen-bond acceptors (Lipinski definition) is 7. The van der Waals surface area contributed by atoms with Gasteiger partial charge < -0.3 is 36.4 Å². The molecule has 2 heterocycles. The summed E-state index contributed by atoms with van der Waals surface area (Å²) in [5.41, 5.74) is 0.577. The van der Waals surface area contributed by atoms with E-state index in [4.69, 9.17) is 23.2 Å². The predicted molar refractivity (Wildman–Crippen MR) is 142 cm³/mol. The van der Waals surface area contributed by atoms with E-state index in [9.17, 15) is 34.2 Å². The zero-order chi connectivity index (χ0) is 28.9. The van der Waals surface area contributed by atoms with Crippen molar-refractivity contribution in [3.8, 4) is 0 Å². The monoisotopic (exact) mass is 585 g/mol. The highest BCUT2D eigenvalue weighted by atomic mass is 35.5. The molecule has 2 saturated heterocycles. The Morgan fingerprint density at radius 3 is 2.21 bits per heavy atom. The lowest BCUT2D eigenvalue weighted by molar-refractivity contribution is -0.143. The van der Waals surface area contributed by atoms with Crippen LogP contribution in [0.2, 0.25) is 0 Å². The summed E-state index contributed by atoms with van der Waals surface area (Å²) in [6.45, 7) is 2.05. The fourth-order valence-corrected chi connectivity index (χ4v) is 5.19. The lowest BCUT2D eigenvalue weighted by Crippen LogP contribution is -2.62. The van der Waals surface area contributed by atoms with Crippen LogP contribution in [0.15, 0.2) is 30.3 Å². The van der Waals surface area contributed by atoms with Gasteiger partial charge in [-0.25, -0.2) is 0 Å². The van der Waals surface area contributed by atoms with E-state index in [2.05, 4.69) is 21.3 Å². The van der Waals surface area contributed by atoms with Crippen molar-refractivity contribution >= 4 is 52.7 Å². The van der Waals surface area contributed by atoms with Crippen LogP contribution in [0.1, 0.15) is 38.3 Å². The molecule has 2 aliphatic rings. The van der Waals surface area contributed by atoms with Crippen LogP contribution in [0.5, 0.6) is 0 Å². The van der Waals surface area contributed by atoms with Gasteiger partial charge in [0.1, 0.15) is 24.2 Å². The molecule has 2 aliphatic heterocycles. The Balaban J connectivity index is 2.02. The molecule has 0 unspecified atom stereocenters. The lowest BCUT2D eigenvalue weighted by Gasteiger charge is -2.32. The molecule has 8 atom stereocenters. The summed E-state index contributed by atoms with van der Waals surface area (Å²) >= 11 is 12.7. The van der Waals surface area contributed by atoms with E-state index in [1.807, 2.05) is 0 Å². The molecule has 0 saturated carbocycles. The molecule has 1 aromatic carbocycles. The lowest BCUT2D eigenvalue weighted by atomic mass is 10.0. The van der Waals surface area contributed by atoms with Gasteiger partial charge >= 0.3 is 0 Å². The molecular weight excluding hydrogens is 553 g/mol. The van der Waals surface area contributed by atoms with E-state index in [-0.39, 0.29) is 19.4 Å². The smallest absolute Gasteiger partial charge is 0.245 e. The van der Waals surface area contributed by atoms with E-state index in [1.165, 1.54) is 6.92 Å². The van der Waals surface area contributed by atoms with Gasteiger partial charge in [0.15, 0.2) is 0 Å². The average Bonchev–Trinajstić information content (AvgIpc) is 3.21. The normalized spacial score (nSPS) is 32.0. The quantitative estimate of drug-likeness (QED) is 0.243. The zero-order valence-electron chi connectivity index (χ0n) is 21.5. The van der Waals surface area contributed by atoms with E-state index < -0.39 is 83.2 Å². The highest BCUT2D eigenvalue weighted by Crippen LogP contribution is 2.29. The van der Waals surface area contributed by atoms with Gasteiger partial charge in [-0.15, -0.1) is 23.2 Å². The zero-order valence-corrected chi connectivity index (χ0v) is 23.0. The number of hydrogen-bond donors (Lipinski definition) is 6. The van der Waals surface area contributed by atoms with Gasteiger partial charge in [-0.2, -0.15) is 0 Å². The van der Waals surface area contributed by atoms with E-state index in [1.54, 1.807) is 37.3 Å². The van der Waals surface area contributed by atoms with Gasteiger partial charge in [-0.1, -0.05) is 37.3 Å². The molecule has 1 aromatic rings. The number of carbonyl (C=O) groups excluding carboxylic acids is 5. The van der Waals surface area contributed by atoms with Crippen molar-refractivity contribution in [3.63, 3.8) is 0 Å². The molecule has 3 rings (SSSR count). The Labute approximate surface area is 235 Å². The summed E-state index contributed by atoms with van der Waals surface area (Å²) in [5, 5.41) is 28.3. The number of amides is 5. The molecule has 39 heavy (non-hydrogen) atoms.